The second-order valence-electron chi connectivity index (χ2n) is 6.41. The summed E-state index contributed by atoms with van der Waals surface area (Å²) in [6, 6.07) is 1.73. The van der Waals surface area contributed by atoms with Crippen LogP contribution in [0.1, 0.15) is 32.1 Å². The molecule has 98 valence electrons. The average Bonchev–Trinajstić information content (AvgIpc) is 2.68. The molecule has 2 atom stereocenters. The Labute approximate surface area is 106 Å². The van der Waals surface area contributed by atoms with Gasteiger partial charge in [-0.2, -0.15) is 0 Å². The molecule has 0 aliphatic carbocycles. The first-order valence-electron chi connectivity index (χ1n) is 7.46. The Hall–Kier alpha value is -0.120. The number of likely N-dealkylation sites (N-methyl/N-ethyl adjacent to an activating group) is 1. The maximum Gasteiger partial charge on any atom is 0.0110 e. The summed E-state index contributed by atoms with van der Waals surface area (Å²) in [6.45, 7) is 6.44. The van der Waals surface area contributed by atoms with Gasteiger partial charge in [-0.15, -0.1) is 0 Å². The van der Waals surface area contributed by atoms with E-state index in [2.05, 4.69) is 22.2 Å². The van der Waals surface area contributed by atoms with Gasteiger partial charge in [-0.05, 0) is 51.6 Å². The minimum atomic E-state index is 0.867. The van der Waals surface area contributed by atoms with Crippen molar-refractivity contribution in [3.63, 3.8) is 0 Å². The molecule has 17 heavy (non-hydrogen) atoms. The third-order valence-electron chi connectivity index (χ3n) is 5.02. The smallest absolute Gasteiger partial charge is 0.0110 e. The minimum absolute atomic E-state index is 0.867. The van der Waals surface area contributed by atoms with Gasteiger partial charge >= 0.3 is 0 Å². The number of nitrogens with one attached hydrogen (secondary N) is 1. The first-order chi connectivity index (χ1) is 8.29. The molecule has 3 heterocycles. The predicted molar refractivity (Wildman–Crippen MR) is 71.2 cm³/mol. The van der Waals surface area contributed by atoms with Crippen LogP contribution in [-0.4, -0.2) is 61.7 Å². The van der Waals surface area contributed by atoms with Gasteiger partial charge in [-0.25, -0.2) is 0 Å². The largest absolute Gasteiger partial charge is 0.311 e. The van der Waals surface area contributed by atoms with Crippen molar-refractivity contribution in [2.24, 2.45) is 5.92 Å². The normalized spacial score (nSPS) is 39.7. The molecule has 0 spiro atoms. The maximum atomic E-state index is 3.74. The van der Waals surface area contributed by atoms with Crippen LogP contribution in [0.4, 0.5) is 0 Å². The molecule has 3 fully saturated rings. The summed E-state index contributed by atoms with van der Waals surface area (Å²) >= 11 is 0. The van der Waals surface area contributed by atoms with Gasteiger partial charge in [-0.1, -0.05) is 0 Å². The summed E-state index contributed by atoms with van der Waals surface area (Å²) in [5.74, 6) is 1.01. The van der Waals surface area contributed by atoms with E-state index in [0.717, 1.165) is 18.0 Å². The average molecular weight is 237 g/mol. The Morgan fingerprint density at radius 3 is 2.29 bits per heavy atom. The maximum absolute atomic E-state index is 3.74. The molecule has 0 aromatic carbocycles. The molecule has 3 aliphatic heterocycles. The quantitative estimate of drug-likeness (QED) is 0.794. The van der Waals surface area contributed by atoms with Crippen LogP contribution in [0.15, 0.2) is 0 Å². The second kappa shape index (κ2) is 5.25. The zero-order chi connectivity index (χ0) is 11.7. The molecule has 3 heteroatoms. The summed E-state index contributed by atoms with van der Waals surface area (Å²) in [5.41, 5.74) is 0. The van der Waals surface area contributed by atoms with Crippen LogP contribution < -0.4 is 5.32 Å². The van der Waals surface area contributed by atoms with E-state index >= 15 is 0 Å². The summed E-state index contributed by atoms with van der Waals surface area (Å²) in [7, 11) is 2.24. The zero-order valence-corrected chi connectivity index (χ0v) is 11.2. The number of piperidine rings is 1. The van der Waals surface area contributed by atoms with Crippen LogP contribution in [0, 0.1) is 5.92 Å². The van der Waals surface area contributed by atoms with E-state index in [-0.39, 0.29) is 0 Å². The number of hydrogen-bond acceptors (Lipinski definition) is 3. The molecule has 3 nitrogen and oxygen atoms in total. The van der Waals surface area contributed by atoms with Crippen LogP contribution in [0.3, 0.4) is 0 Å². The van der Waals surface area contributed by atoms with Crippen LogP contribution in [0.2, 0.25) is 0 Å². The SMILES string of the molecule is CN1CCN(CCC2CC3CCC(C2)N3)CC1. The number of piperazine rings is 1. The monoisotopic (exact) mass is 237 g/mol. The molecular weight excluding hydrogens is 210 g/mol. The first kappa shape index (κ1) is 11.9. The van der Waals surface area contributed by atoms with E-state index in [1.807, 2.05) is 0 Å². The molecule has 0 saturated carbocycles. The zero-order valence-electron chi connectivity index (χ0n) is 11.2. The Bertz CT molecular complexity index is 236. The number of nitrogens with zero attached hydrogens (tertiary/aromatic N) is 2. The van der Waals surface area contributed by atoms with Crippen molar-refractivity contribution in [1.29, 1.82) is 0 Å². The van der Waals surface area contributed by atoms with E-state index in [1.165, 1.54) is 64.8 Å². The molecule has 3 saturated heterocycles. The second-order valence-corrected chi connectivity index (χ2v) is 6.41. The van der Waals surface area contributed by atoms with Gasteiger partial charge in [0.05, 0.1) is 0 Å². The van der Waals surface area contributed by atoms with E-state index in [4.69, 9.17) is 0 Å². The van der Waals surface area contributed by atoms with Gasteiger partial charge in [0.15, 0.2) is 0 Å². The lowest BCUT2D eigenvalue weighted by atomic mass is 9.89. The Morgan fingerprint density at radius 1 is 1.00 bits per heavy atom. The highest BCUT2D eigenvalue weighted by Gasteiger charge is 2.33. The molecule has 3 rings (SSSR count). The van der Waals surface area contributed by atoms with Crippen molar-refractivity contribution in [2.75, 3.05) is 39.8 Å². The Morgan fingerprint density at radius 2 is 1.65 bits per heavy atom. The van der Waals surface area contributed by atoms with Crippen molar-refractivity contribution >= 4 is 0 Å². The molecule has 1 N–H and O–H groups in total. The van der Waals surface area contributed by atoms with Gasteiger partial charge in [0.25, 0.3) is 0 Å². The van der Waals surface area contributed by atoms with Crippen LogP contribution >= 0.6 is 0 Å². The Kier molecular flexibility index (Phi) is 3.69. The highest BCUT2D eigenvalue weighted by molar-refractivity contribution is 4.92. The van der Waals surface area contributed by atoms with Crippen LogP contribution in [0.25, 0.3) is 0 Å². The third kappa shape index (κ3) is 3.01. The number of hydrogen-bond donors (Lipinski definition) is 1. The van der Waals surface area contributed by atoms with Crippen molar-refractivity contribution in [1.82, 2.24) is 15.1 Å². The van der Waals surface area contributed by atoms with E-state index in [0.29, 0.717) is 0 Å². The number of rotatable bonds is 3. The molecular formula is C14H27N3. The van der Waals surface area contributed by atoms with Crippen LogP contribution in [0.5, 0.6) is 0 Å². The molecule has 0 aromatic rings. The van der Waals surface area contributed by atoms with Gasteiger partial charge in [0, 0.05) is 38.3 Å². The van der Waals surface area contributed by atoms with Crippen molar-refractivity contribution in [3.05, 3.63) is 0 Å². The summed E-state index contributed by atoms with van der Waals surface area (Å²) in [5, 5.41) is 3.74. The fourth-order valence-electron chi connectivity index (χ4n) is 3.85. The molecule has 2 unspecified atom stereocenters. The summed E-state index contributed by atoms with van der Waals surface area (Å²) in [4.78, 5) is 5.12. The predicted octanol–water partition coefficient (Wildman–Crippen LogP) is 1.15. The highest BCUT2D eigenvalue weighted by atomic mass is 15.2. The Balaban J connectivity index is 1.39. The minimum Gasteiger partial charge on any atom is -0.311 e. The molecule has 0 aromatic heterocycles. The van der Waals surface area contributed by atoms with E-state index in [9.17, 15) is 0 Å². The highest BCUT2D eigenvalue weighted by Crippen LogP contribution is 2.32. The van der Waals surface area contributed by atoms with Gasteiger partial charge < -0.3 is 15.1 Å². The molecule has 3 aliphatic rings. The molecule has 2 bridgehead atoms. The van der Waals surface area contributed by atoms with Gasteiger partial charge in [-0.3, -0.25) is 0 Å². The first-order valence-corrected chi connectivity index (χ1v) is 7.46. The summed E-state index contributed by atoms with van der Waals surface area (Å²) in [6.07, 6.45) is 7.22. The molecule has 0 radical (unpaired) electrons. The lowest BCUT2D eigenvalue weighted by Crippen LogP contribution is -2.45. The number of fused-ring (bicyclic) bond motifs is 2. The van der Waals surface area contributed by atoms with E-state index in [1.54, 1.807) is 0 Å². The fraction of sp³-hybridized carbons (Fsp3) is 1.00. The summed E-state index contributed by atoms with van der Waals surface area (Å²) < 4.78 is 0. The van der Waals surface area contributed by atoms with Crippen molar-refractivity contribution in [2.45, 2.75) is 44.2 Å². The third-order valence-corrected chi connectivity index (χ3v) is 5.02. The van der Waals surface area contributed by atoms with E-state index < -0.39 is 0 Å². The van der Waals surface area contributed by atoms with Crippen molar-refractivity contribution < 1.29 is 0 Å². The van der Waals surface area contributed by atoms with Crippen LogP contribution in [-0.2, 0) is 0 Å². The van der Waals surface area contributed by atoms with Gasteiger partial charge in [0.2, 0.25) is 0 Å². The standard InChI is InChI=1S/C14H27N3/c1-16-6-8-17(9-7-16)5-4-12-10-13-2-3-14(11-12)15-13/h12-15H,2-11H2,1H3. The lowest BCUT2D eigenvalue weighted by molar-refractivity contribution is 0.140. The fourth-order valence-corrected chi connectivity index (χ4v) is 3.85. The topological polar surface area (TPSA) is 18.5 Å². The lowest BCUT2D eigenvalue weighted by Gasteiger charge is -2.35. The van der Waals surface area contributed by atoms with Crippen molar-refractivity contribution in [3.8, 4) is 0 Å². The molecule has 0 amide bonds. The van der Waals surface area contributed by atoms with Gasteiger partial charge in [0.1, 0.15) is 0 Å².